The van der Waals surface area contributed by atoms with Gasteiger partial charge in [-0.05, 0) is 44.2 Å². The zero-order valence-electron chi connectivity index (χ0n) is 12.4. The second kappa shape index (κ2) is 8.58. The number of nitrogens with one attached hydrogen (secondary N) is 2. The van der Waals surface area contributed by atoms with E-state index in [2.05, 4.69) is 52.5 Å². The quantitative estimate of drug-likeness (QED) is 0.637. The molecule has 0 saturated heterocycles. The smallest absolute Gasteiger partial charge is 0.405 e. The average Bonchev–Trinajstić information content (AvgIpc) is 2.50. The number of hydrogen-bond acceptors (Lipinski definition) is 4. The van der Waals surface area contributed by atoms with E-state index in [4.69, 9.17) is 5.11 Å². The third-order valence-corrected chi connectivity index (χ3v) is 4.79. The van der Waals surface area contributed by atoms with Crippen molar-refractivity contribution in [3.63, 3.8) is 0 Å². The molecular weight excluding hydrogens is 432 g/mol. The van der Waals surface area contributed by atoms with E-state index in [1.807, 2.05) is 0 Å². The second-order valence-corrected chi connectivity index (χ2v) is 7.13. The van der Waals surface area contributed by atoms with Crippen LogP contribution in [0.3, 0.4) is 0 Å². The Hall–Kier alpha value is -1.22. The molecule has 0 spiro atoms. The summed E-state index contributed by atoms with van der Waals surface area (Å²) in [4.78, 5) is 31.6. The Balaban J connectivity index is 2.04. The summed E-state index contributed by atoms with van der Waals surface area (Å²) in [5.74, 6) is 0.208. The number of carboxylic acid groups (broad SMARTS) is 1. The average molecular weight is 450 g/mol. The number of halogens is 2. The number of aromatic nitrogens is 2. The number of carbonyl (C=O) groups is 2. The maximum Gasteiger partial charge on any atom is 0.405 e. The summed E-state index contributed by atoms with van der Waals surface area (Å²) in [6.07, 6.45) is 6.30. The fourth-order valence-electron chi connectivity index (χ4n) is 2.77. The number of rotatable bonds is 5. The molecule has 1 atom stereocenters. The van der Waals surface area contributed by atoms with Crippen molar-refractivity contribution in [3.8, 4) is 0 Å². The zero-order chi connectivity index (χ0) is 16.8. The second-order valence-electron chi connectivity index (χ2n) is 5.56. The van der Waals surface area contributed by atoms with Crippen LogP contribution >= 0.6 is 31.9 Å². The Bertz CT molecular complexity index is 579. The molecule has 1 heterocycles. The molecule has 0 aromatic carbocycles. The monoisotopic (exact) mass is 448 g/mol. The van der Waals surface area contributed by atoms with E-state index >= 15 is 0 Å². The van der Waals surface area contributed by atoms with Crippen molar-refractivity contribution in [3.05, 3.63) is 15.4 Å². The van der Waals surface area contributed by atoms with Gasteiger partial charge in [0.05, 0.1) is 6.20 Å². The van der Waals surface area contributed by atoms with E-state index in [1.54, 1.807) is 0 Å². The van der Waals surface area contributed by atoms with Gasteiger partial charge < -0.3 is 15.7 Å². The first-order valence-corrected chi connectivity index (χ1v) is 9.02. The Morgan fingerprint density at radius 1 is 1.30 bits per heavy atom. The molecule has 0 bridgehead atoms. The largest absolute Gasteiger partial charge is 0.465 e. The molecule has 0 radical (unpaired) electrons. The lowest BCUT2D eigenvalue weighted by molar-refractivity contribution is -0.118. The van der Waals surface area contributed by atoms with Gasteiger partial charge in [0, 0.05) is 0 Å². The number of carbonyl (C=O) groups excluding carboxylic acids is 1. The Kier molecular flexibility index (Phi) is 6.76. The van der Waals surface area contributed by atoms with Crippen molar-refractivity contribution in [2.75, 3.05) is 5.32 Å². The fraction of sp³-hybridized carbons (Fsp3) is 0.571. The minimum Gasteiger partial charge on any atom is -0.465 e. The molecule has 1 aliphatic carbocycles. The van der Waals surface area contributed by atoms with Crippen LogP contribution in [0.5, 0.6) is 0 Å². The highest BCUT2D eigenvalue weighted by Crippen LogP contribution is 2.28. The van der Waals surface area contributed by atoms with Crippen molar-refractivity contribution >= 4 is 49.7 Å². The predicted octanol–water partition coefficient (Wildman–Crippen LogP) is 3.55. The first-order valence-electron chi connectivity index (χ1n) is 7.44. The number of amides is 2. The minimum absolute atomic E-state index is 0.263. The van der Waals surface area contributed by atoms with Gasteiger partial charge in [-0.1, -0.05) is 32.1 Å². The summed E-state index contributed by atoms with van der Waals surface area (Å²) < 4.78 is 0.914. The molecule has 1 aromatic rings. The topological polar surface area (TPSA) is 104 Å². The fourth-order valence-corrected chi connectivity index (χ4v) is 3.68. The number of nitrogens with zero attached hydrogens (tertiary/aromatic N) is 2. The molecule has 23 heavy (non-hydrogen) atoms. The van der Waals surface area contributed by atoms with Gasteiger partial charge in [0.25, 0.3) is 0 Å². The van der Waals surface area contributed by atoms with E-state index in [9.17, 15) is 9.59 Å². The van der Waals surface area contributed by atoms with Crippen LogP contribution in [0.1, 0.15) is 38.5 Å². The maximum absolute atomic E-state index is 12.4. The molecule has 3 N–H and O–H groups in total. The molecule has 1 fully saturated rings. The van der Waals surface area contributed by atoms with Crippen LogP contribution in [0, 0.1) is 5.92 Å². The minimum atomic E-state index is -1.21. The first kappa shape index (κ1) is 18.1. The first-order chi connectivity index (χ1) is 11.0. The van der Waals surface area contributed by atoms with Crippen LogP contribution < -0.4 is 10.6 Å². The summed E-state index contributed by atoms with van der Waals surface area (Å²) in [5.41, 5.74) is 0. The van der Waals surface area contributed by atoms with Gasteiger partial charge in [0.2, 0.25) is 5.91 Å². The van der Waals surface area contributed by atoms with Crippen molar-refractivity contribution in [1.82, 2.24) is 15.3 Å². The van der Waals surface area contributed by atoms with Gasteiger partial charge in [0.15, 0.2) is 5.82 Å². The molecule has 7 nitrogen and oxygen atoms in total. The number of hydrogen-bond donors (Lipinski definition) is 3. The van der Waals surface area contributed by atoms with Crippen LogP contribution in [0.2, 0.25) is 0 Å². The highest BCUT2D eigenvalue weighted by Gasteiger charge is 2.26. The number of anilines is 1. The Labute approximate surface area is 150 Å². The molecule has 2 amide bonds. The molecule has 2 rings (SSSR count). The molecule has 9 heteroatoms. The van der Waals surface area contributed by atoms with Gasteiger partial charge in [-0.3, -0.25) is 4.79 Å². The molecule has 1 unspecified atom stereocenters. The lowest BCUT2D eigenvalue weighted by Crippen LogP contribution is -2.44. The Morgan fingerprint density at radius 3 is 2.61 bits per heavy atom. The summed E-state index contributed by atoms with van der Waals surface area (Å²) in [5, 5.41) is 13.9. The lowest BCUT2D eigenvalue weighted by atomic mass is 9.84. The predicted molar refractivity (Wildman–Crippen MR) is 92.2 cm³/mol. The van der Waals surface area contributed by atoms with Crippen molar-refractivity contribution in [2.24, 2.45) is 5.92 Å². The van der Waals surface area contributed by atoms with E-state index in [0.29, 0.717) is 21.5 Å². The van der Waals surface area contributed by atoms with Gasteiger partial charge in [0.1, 0.15) is 15.2 Å². The third kappa shape index (κ3) is 5.72. The molecule has 0 aliphatic heterocycles. The Morgan fingerprint density at radius 2 is 2.00 bits per heavy atom. The van der Waals surface area contributed by atoms with Crippen molar-refractivity contribution in [1.29, 1.82) is 0 Å². The standard InChI is InChI=1S/C14H18Br2N4O3/c15-10-7-17-12(11(16)19-10)20-13(21)9(18-14(22)23)6-8-4-2-1-3-5-8/h7-9,18H,1-6H2,(H,22,23)(H,17,20,21). The normalized spacial score (nSPS) is 16.6. The summed E-state index contributed by atoms with van der Waals surface area (Å²) in [6.45, 7) is 0. The highest BCUT2D eigenvalue weighted by atomic mass is 79.9. The van der Waals surface area contributed by atoms with Crippen LogP contribution in [-0.4, -0.2) is 33.1 Å². The van der Waals surface area contributed by atoms with E-state index in [1.165, 1.54) is 12.6 Å². The molecule has 1 aromatic heterocycles. The summed E-state index contributed by atoms with van der Waals surface area (Å²) in [6, 6.07) is -0.798. The van der Waals surface area contributed by atoms with Gasteiger partial charge >= 0.3 is 6.09 Å². The van der Waals surface area contributed by atoms with Gasteiger partial charge in [-0.15, -0.1) is 0 Å². The molecule has 1 aliphatic rings. The van der Waals surface area contributed by atoms with Crippen LogP contribution in [-0.2, 0) is 4.79 Å². The summed E-state index contributed by atoms with van der Waals surface area (Å²) in [7, 11) is 0. The van der Waals surface area contributed by atoms with Gasteiger partial charge in [-0.25, -0.2) is 14.8 Å². The van der Waals surface area contributed by atoms with Crippen molar-refractivity contribution in [2.45, 2.75) is 44.6 Å². The molecular formula is C14H18Br2N4O3. The molecule has 1 saturated carbocycles. The summed E-state index contributed by atoms with van der Waals surface area (Å²) >= 11 is 6.40. The maximum atomic E-state index is 12.4. The SMILES string of the molecule is O=C(O)NC(CC1CCCCC1)C(=O)Nc1ncc(Br)nc1Br. The lowest BCUT2D eigenvalue weighted by Gasteiger charge is -2.25. The third-order valence-electron chi connectivity index (χ3n) is 3.85. The molecule has 126 valence electrons. The van der Waals surface area contributed by atoms with Crippen molar-refractivity contribution < 1.29 is 14.7 Å². The zero-order valence-corrected chi connectivity index (χ0v) is 15.6. The van der Waals surface area contributed by atoms with Gasteiger partial charge in [-0.2, -0.15) is 0 Å². The van der Waals surface area contributed by atoms with E-state index in [0.717, 1.165) is 25.7 Å². The van der Waals surface area contributed by atoms with Crippen LogP contribution in [0.25, 0.3) is 0 Å². The van der Waals surface area contributed by atoms with Crippen LogP contribution in [0.4, 0.5) is 10.6 Å². The van der Waals surface area contributed by atoms with E-state index < -0.39 is 18.0 Å². The highest BCUT2D eigenvalue weighted by molar-refractivity contribution is 9.11. The van der Waals surface area contributed by atoms with Crippen LogP contribution in [0.15, 0.2) is 15.4 Å². The van der Waals surface area contributed by atoms with E-state index in [-0.39, 0.29) is 5.82 Å².